The molecular formula is C10H17N3O2S2. The van der Waals surface area contributed by atoms with Crippen molar-refractivity contribution in [1.29, 1.82) is 0 Å². The van der Waals surface area contributed by atoms with Crippen LogP contribution < -0.4 is 5.32 Å². The molecule has 1 unspecified atom stereocenters. The SMILES string of the molecule is CCCc1nsc(NCC2CCS(=O)(=O)C2)n1. The fraction of sp³-hybridized carbons (Fsp3) is 0.800. The molecule has 7 heteroatoms. The number of hydrogen-bond acceptors (Lipinski definition) is 6. The third kappa shape index (κ3) is 3.64. The molecule has 1 atom stereocenters. The first kappa shape index (κ1) is 12.8. The van der Waals surface area contributed by atoms with Crippen LogP contribution in [0.3, 0.4) is 0 Å². The van der Waals surface area contributed by atoms with Crippen molar-refractivity contribution in [2.75, 3.05) is 23.4 Å². The third-order valence-corrected chi connectivity index (χ3v) is 5.36. The number of sulfone groups is 1. The Balaban J connectivity index is 1.82. The summed E-state index contributed by atoms with van der Waals surface area (Å²) in [6.45, 7) is 2.78. The van der Waals surface area contributed by atoms with Crippen molar-refractivity contribution in [3.05, 3.63) is 5.82 Å². The van der Waals surface area contributed by atoms with E-state index < -0.39 is 9.84 Å². The summed E-state index contributed by atoms with van der Waals surface area (Å²) in [7, 11) is -2.78. The number of rotatable bonds is 5. The summed E-state index contributed by atoms with van der Waals surface area (Å²) < 4.78 is 26.8. The van der Waals surface area contributed by atoms with Crippen molar-refractivity contribution in [3.8, 4) is 0 Å². The van der Waals surface area contributed by atoms with Crippen molar-refractivity contribution in [3.63, 3.8) is 0 Å². The van der Waals surface area contributed by atoms with Gasteiger partial charge in [0, 0.05) is 24.5 Å². The Kier molecular flexibility index (Phi) is 3.98. The maximum atomic E-state index is 11.3. The van der Waals surface area contributed by atoms with Crippen LogP contribution in [0.5, 0.6) is 0 Å². The minimum Gasteiger partial charge on any atom is -0.360 e. The molecule has 17 heavy (non-hydrogen) atoms. The quantitative estimate of drug-likeness (QED) is 0.878. The predicted molar refractivity (Wildman–Crippen MR) is 69.2 cm³/mol. The lowest BCUT2D eigenvalue weighted by molar-refractivity contribution is 0.596. The maximum absolute atomic E-state index is 11.3. The fourth-order valence-electron chi connectivity index (χ4n) is 1.92. The lowest BCUT2D eigenvalue weighted by Crippen LogP contribution is -2.15. The van der Waals surface area contributed by atoms with Gasteiger partial charge in [0.2, 0.25) is 5.13 Å². The van der Waals surface area contributed by atoms with Gasteiger partial charge in [-0.1, -0.05) is 6.92 Å². The van der Waals surface area contributed by atoms with E-state index in [4.69, 9.17) is 0 Å². The minimum atomic E-state index is -2.78. The summed E-state index contributed by atoms with van der Waals surface area (Å²) in [5, 5.41) is 3.99. The molecule has 1 aromatic heterocycles. The van der Waals surface area contributed by atoms with Gasteiger partial charge in [0.15, 0.2) is 9.84 Å². The van der Waals surface area contributed by atoms with E-state index in [1.807, 2.05) is 0 Å². The summed E-state index contributed by atoms with van der Waals surface area (Å²) >= 11 is 1.35. The number of hydrogen-bond donors (Lipinski definition) is 1. The highest BCUT2D eigenvalue weighted by Gasteiger charge is 2.27. The van der Waals surface area contributed by atoms with Crippen LogP contribution in [0.1, 0.15) is 25.6 Å². The van der Waals surface area contributed by atoms with Crippen molar-refractivity contribution >= 4 is 26.5 Å². The molecule has 5 nitrogen and oxygen atoms in total. The smallest absolute Gasteiger partial charge is 0.202 e. The van der Waals surface area contributed by atoms with Gasteiger partial charge in [-0.15, -0.1) is 0 Å². The summed E-state index contributed by atoms with van der Waals surface area (Å²) in [5.74, 6) is 1.73. The van der Waals surface area contributed by atoms with E-state index in [1.54, 1.807) is 0 Å². The first-order chi connectivity index (χ1) is 8.09. The highest BCUT2D eigenvalue weighted by molar-refractivity contribution is 7.91. The van der Waals surface area contributed by atoms with Crippen LogP contribution in [-0.4, -0.2) is 35.8 Å². The van der Waals surface area contributed by atoms with E-state index in [0.29, 0.717) is 18.1 Å². The molecule has 1 N–H and O–H groups in total. The van der Waals surface area contributed by atoms with Gasteiger partial charge in [0.25, 0.3) is 0 Å². The molecule has 0 amide bonds. The fourth-order valence-corrected chi connectivity index (χ4v) is 4.40. The first-order valence-corrected chi connectivity index (χ1v) is 8.45. The molecule has 2 rings (SSSR count). The zero-order valence-electron chi connectivity index (χ0n) is 9.85. The van der Waals surface area contributed by atoms with Crippen LogP contribution in [0.2, 0.25) is 0 Å². The molecule has 0 saturated carbocycles. The molecule has 2 heterocycles. The number of nitrogens with one attached hydrogen (secondary N) is 1. The average Bonchev–Trinajstić information content (AvgIpc) is 2.83. The Morgan fingerprint density at radius 1 is 1.53 bits per heavy atom. The van der Waals surface area contributed by atoms with E-state index in [9.17, 15) is 8.42 Å². The Morgan fingerprint density at radius 2 is 2.35 bits per heavy atom. The van der Waals surface area contributed by atoms with Crippen LogP contribution in [0, 0.1) is 5.92 Å². The van der Waals surface area contributed by atoms with E-state index in [1.165, 1.54) is 11.5 Å². The zero-order valence-corrected chi connectivity index (χ0v) is 11.5. The van der Waals surface area contributed by atoms with E-state index in [2.05, 4.69) is 21.6 Å². The predicted octanol–water partition coefficient (Wildman–Crippen LogP) is 1.34. The van der Waals surface area contributed by atoms with Gasteiger partial charge in [-0.2, -0.15) is 4.37 Å². The Bertz CT molecular complexity index is 470. The van der Waals surface area contributed by atoms with Crippen LogP contribution in [0.25, 0.3) is 0 Å². The van der Waals surface area contributed by atoms with Crippen LogP contribution in [0.4, 0.5) is 5.13 Å². The summed E-state index contributed by atoms with van der Waals surface area (Å²) in [6, 6.07) is 0. The molecule has 0 aromatic carbocycles. The highest BCUT2D eigenvalue weighted by Crippen LogP contribution is 2.20. The van der Waals surface area contributed by atoms with E-state index in [0.717, 1.165) is 30.2 Å². The van der Waals surface area contributed by atoms with Gasteiger partial charge in [0.05, 0.1) is 11.5 Å². The number of anilines is 1. The molecular weight excluding hydrogens is 258 g/mol. The zero-order chi connectivity index (χ0) is 12.3. The van der Waals surface area contributed by atoms with Gasteiger partial charge in [-0.25, -0.2) is 13.4 Å². The summed E-state index contributed by atoms with van der Waals surface area (Å²) in [4.78, 5) is 4.34. The maximum Gasteiger partial charge on any atom is 0.202 e. The van der Waals surface area contributed by atoms with Gasteiger partial charge in [-0.05, 0) is 18.8 Å². The Hall–Kier alpha value is -0.690. The van der Waals surface area contributed by atoms with Crippen LogP contribution in [-0.2, 0) is 16.3 Å². The molecule has 0 spiro atoms. The van der Waals surface area contributed by atoms with Crippen LogP contribution in [0.15, 0.2) is 0 Å². The van der Waals surface area contributed by atoms with Gasteiger partial charge in [0.1, 0.15) is 5.82 Å². The molecule has 1 aliphatic rings. The first-order valence-electron chi connectivity index (χ1n) is 5.86. The van der Waals surface area contributed by atoms with Crippen molar-refractivity contribution in [2.24, 2.45) is 5.92 Å². The van der Waals surface area contributed by atoms with Crippen molar-refractivity contribution < 1.29 is 8.42 Å². The molecule has 0 radical (unpaired) electrons. The monoisotopic (exact) mass is 275 g/mol. The molecule has 0 aliphatic carbocycles. The lowest BCUT2D eigenvalue weighted by atomic mass is 10.1. The van der Waals surface area contributed by atoms with Crippen LogP contribution >= 0.6 is 11.5 Å². The van der Waals surface area contributed by atoms with Crippen molar-refractivity contribution in [1.82, 2.24) is 9.36 Å². The Labute approximate surface area is 106 Å². The molecule has 1 aliphatic heterocycles. The second-order valence-electron chi connectivity index (χ2n) is 4.42. The van der Waals surface area contributed by atoms with Crippen molar-refractivity contribution in [2.45, 2.75) is 26.2 Å². The van der Waals surface area contributed by atoms with E-state index >= 15 is 0 Å². The number of aromatic nitrogens is 2. The topological polar surface area (TPSA) is 72.0 Å². The number of aryl methyl sites for hydroxylation is 1. The second kappa shape index (κ2) is 5.30. The second-order valence-corrected chi connectivity index (χ2v) is 7.40. The molecule has 96 valence electrons. The number of nitrogens with zero attached hydrogens (tertiary/aromatic N) is 2. The average molecular weight is 275 g/mol. The normalized spacial score (nSPS) is 22.8. The summed E-state index contributed by atoms with van der Waals surface area (Å²) in [6.07, 6.45) is 2.70. The van der Waals surface area contributed by atoms with Gasteiger partial charge in [-0.3, -0.25) is 0 Å². The molecule has 1 aromatic rings. The van der Waals surface area contributed by atoms with Gasteiger partial charge >= 0.3 is 0 Å². The Morgan fingerprint density at radius 3 is 3.00 bits per heavy atom. The standard InChI is InChI=1S/C10H17N3O2S2/c1-2-3-9-12-10(16-13-9)11-6-8-4-5-17(14,15)7-8/h8H,2-7H2,1H3,(H,11,12,13). The lowest BCUT2D eigenvalue weighted by Gasteiger charge is -2.07. The largest absolute Gasteiger partial charge is 0.360 e. The van der Waals surface area contributed by atoms with E-state index in [-0.39, 0.29) is 5.92 Å². The molecule has 1 saturated heterocycles. The molecule has 0 bridgehead atoms. The minimum absolute atomic E-state index is 0.221. The van der Waals surface area contributed by atoms with Gasteiger partial charge < -0.3 is 5.32 Å². The third-order valence-electron chi connectivity index (χ3n) is 2.81. The molecule has 1 fully saturated rings. The highest BCUT2D eigenvalue weighted by atomic mass is 32.2. The summed E-state index contributed by atoms with van der Waals surface area (Å²) in [5.41, 5.74) is 0.